The Hall–Kier alpha value is -1.42. The van der Waals surface area contributed by atoms with Crippen LogP contribution in [0, 0.1) is 6.92 Å². The maximum Gasteiger partial charge on any atom is 0.221 e. The quantitative estimate of drug-likeness (QED) is 0.724. The van der Waals surface area contributed by atoms with Crippen molar-refractivity contribution >= 4 is 5.91 Å². The summed E-state index contributed by atoms with van der Waals surface area (Å²) in [6, 6.07) is 6.22. The lowest BCUT2D eigenvalue weighted by Crippen LogP contribution is -2.33. The van der Waals surface area contributed by atoms with E-state index in [0.29, 0.717) is 19.5 Å². The van der Waals surface area contributed by atoms with Gasteiger partial charge in [-0.15, -0.1) is 0 Å². The van der Waals surface area contributed by atoms with Crippen molar-refractivity contribution in [3.8, 4) is 0 Å². The smallest absolute Gasteiger partial charge is 0.221 e. The first-order valence-electron chi connectivity index (χ1n) is 6.54. The molecule has 0 bridgehead atoms. The van der Waals surface area contributed by atoms with Crippen LogP contribution in [0.5, 0.6) is 0 Å². The SMILES string of the molecule is CCC(C)NC(=O)CCNCc1cccc(C)n1. The van der Waals surface area contributed by atoms with Crippen LogP contribution < -0.4 is 10.6 Å². The molecule has 0 saturated heterocycles. The average Bonchev–Trinajstić information content (AvgIpc) is 2.34. The first-order chi connectivity index (χ1) is 8.61. The summed E-state index contributed by atoms with van der Waals surface area (Å²) < 4.78 is 0. The fraction of sp³-hybridized carbons (Fsp3) is 0.571. The van der Waals surface area contributed by atoms with Crippen LogP contribution >= 0.6 is 0 Å². The lowest BCUT2D eigenvalue weighted by Gasteiger charge is -2.11. The zero-order valence-electron chi connectivity index (χ0n) is 11.5. The zero-order valence-corrected chi connectivity index (χ0v) is 11.5. The van der Waals surface area contributed by atoms with Gasteiger partial charge in [-0.05, 0) is 32.4 Å². The molecule has 1 atom stereocenters. The molecule has 0 aliphatic rings. The number of pyridine rings is 1. The van der Waals surface area contributed by atoms with E-state index in [4.69, 9.17) is 0 Å². The second kappa shape index (κ2) is 7.82. The molecular weight excluding hydrogens is 226 g/mol. The van der Waals surface area contributed by atoms with E-state index in [1.807, 2.05) is 32.0 Å². The number of carbonyl (C=O) groups is 1. The highest BCUT2D eigenvalue weighted by atomic mass is 16.1. The van der Waals surface area contributed by atoms with Crippen molar-refractivity contribution in [1.29, 1.82) is 0 Å². The largest absolute Gasteiger partial charge is 0.354 e. The molecule has 1 heterocycles. The summed E-state index contributed by atoms with van der Waals surface area (Å²) in [5, 5.41) is 6.17. The Bertz CT molecular complexity index is 379. The number of aryl methyl sites for hydroxylation is 1. The van der Waals surface area contributed by atoms with Gasteiger partial charge in [0.05, 0.1) is 5.69 Å². The first-order valence-corrected chi connectivity index (χ1v) is 6.54. The zero-order chi connectivity index (χ0) is 13.4. The third kappa shape index (κ3) is 5.77. The Morgan fingerprint density at radius 1 is 1.44 bits per heavy atom. The van der Waals surface area contributed by atoms with Gasteiger partial charge in [0, 0.05) is 31.2 Å². The minimum atomic E-state index is 0.106. The lowest BCUT2D eigenvalue weighted by molar-refractivity contribution is -0.121. The lowest BCUT2D eigenvalue weighted by atomic mass is 10.2. The van der Waals surface area contributed by atoms with E-state index < -0.39 is 0 Å². The second-order valence-electron chi connectivity index (χ2n) is 4.57. The highest BCUT2D eigenvalue weighted by Crippen LogP contribution is 1.97. The molecule has 1 rings (SSSR count). The van der Waals surface area contributed by atoms with Crippen LogP contribution in [-0.4, -0.2) is 23.5 Å². The highest BCUT2D eigenvalue weighted by molar-refractivity contribution is 5.76. The topological polar surface area (TPSA) is 54.0 Å². The number of nitrogens with zero attached hydrogens (tertiary/aromatic N) is 1. The number of hydrogen-bond donors (Lipinski definition) is 2. The van der Waals surface area contributed by atoms with Crippen molar-refractivity contribution in [3.05, 3.63) is 29.6 Å². The molecule has 1 amide bonds. The summed E-state index contributed by atoms with van der Waals surface area (Å²) in [5.74, 6) is 0.106. The number of amides is 1. The molecule has 1 aromatic heterocycles. The predicted molar refractivity (Wildman–Crippen MR) is 73.2 cm³/mol. The molecule has 0 aliphatic heterocycles. The molecule has 0 aliphatic carbocycles. The molecule has 0 radical (unpaired) electrons. The molecule has 1 unspecified atom stereocenters. The van der Waals surface area contributed by atoms with Crippen molar-refractivity contribution in [2.45, 2.75) is 46.2 Å². The molecular formula is C14H23N3O. The monoisotopic (exact) mass is 249 g/mol. The van der Waals surface area contributed by atoms with Crippen molar-refractivity contribution in [1.82, 2.24) is 15.6 Å². The molecule has 0 saturated carbocycles. The minimum Gasteiger partial charge on any atom is -0.354 e. The molecule has 0 spiro atoms. The molecule has 100 valence electrons. The van der Waals surface area contributed by atoms with Crippen molar-refractivity contribution in [2.75, 3.05) is 6.54 Å². The van der Waals surface area contributed by atoms with E-state index in [-0.39, 0.29) is 11.9 Å². The van der Waals surface area contributed by atoms with E-state index in [9.17, 15) is 4.79 Å². The van der Waals surface area contributed by atoms with Crippen LogP contribution in [0.25, 0.3) is 0 Å². The number of aromatic nitrogens is 1. The summed E-state index contributed by atoms with van der Waals surface area (Å²) >= 11 is 0. The van der Waals surface area contributed by atoms with Gasteiger partial charge in [-0.25, -0.2) is 0 Å². The van der Waals surface area contributed by atoms with Gasteiger partial charge in [0.1, 0.15) is 0 Å². The second-order valence-corrected chi connectivity index (χ2v) is 4.57. The van der Waals surface area contributed by atoms with Gasteiger partial charge in [0.25, 0.3) is 0 Å². The van der Waals surface area contributed by atoms with E-state index >= 15 is 0 Å². The average molecular weight is 249 g/mol. The van der Waals surface area contributed by atoms with Crippen molar-refractivity contribution in [2.24, 2.45) is 0 Å². The van der Waals surface area contributed by atoms with Crippen LogP contribution in [0.15, 0.2) is 18.2 Å². The molecule has 2 N–H and O–H groups in total. The van der Waals surface area contributed by atoms with E-state index in [1.54, 1.807) is 0 Å². The summed E-state index contributed by atoms with van der Waals surface area (Å²) in [7, 11) is 0. The molecule has 18 heavy (non-hydrogen) atoms. The Labute approximate surface area is 109 Å². The fourth-order valence-corrected chi connectivity index (χ4v) is 1.57. The molecule has 4 nitrogen and oxygen atoms in total. The van der Waals surface area contributed by atoms with Gasteiger partial charge in [-0.2, -0.15) is 0 Å². The number of carbonyl (C=O) groups excluding carboxylic acids is 1. The maximum absolute atomic E-state index is 11.5. The Morgan fingerprint density at radius 2 is 2.22 bits per heavy atom. The van der Waals surface area contributed by atoms with Gasteiger partial charge < -0.3 is 10.6 Å². The highest BCUT2D eigenvalue weighted by Gasteiger charge is 2.04. The summed E-state index contributed by atoms with van der Waals surface area (Å²) in [6.07, 6.45) is 1.47. The summed E-state index contributed by atoms with van der Waals surface area (Å²) in [6.45, 7) is 7.44. The first kappa shape index (κ1) is 14.6. The third-order valence-corrected chi connectivity index (χ3v) is 2.80. The molecule has 0 aromatic carbocycles. The normalized spacial score (nSPS) is 12.2. The van der Waals surface area contributed by atoms with E-state index in [1.165, 1.54) is 0 Å². The van der Waals surface area contributed by atoms with Crippen LogP contribution in [0.2, 0.25) is 0 Å². The van der Waals surface area contributed by atoms with Gasteiger partial charge in [-0.1, -0.05) is 13.0 Å². The summed E-state index contributed by atoms with van der Waals surface area (Å²) in [4.78, 5) is 15.9. The Morgan fingerprint density at radius 3 is 2.89 bits per heavy atom. The standard InChI is InChI=1S/C14H23N3O/c1-4-11(2)17-14(18)8-9-15-10-13-7-5-6-12(3)16-13/h5-7,11,15H,4,8-10H2,1-3H3,(H,17,18). The predicted octanol–water partition coefficient (Wildman–Crippen LogP) is 1.78. The van der Waals surface area contributed by atoms with Gasteiger partial charge in [0.2, 0.25) is 5.91 Å². The van der Waals surface area contributed by atoms with E-state index in [2.05, 4.69) is 22.5 Å². The van der Waals surface area contributed by atoms with E-state index in [0.717, 1.165) is 17.8 Å². The van der Waals surface area contributed by atoms with Crippen LogP contribution in [0.3, 0.4) is 0 Å². The van der Waals surface area contributed by atoms with Crippen LogP contribution in [-0.2, 0) is 11.3 Å². The van der Waals surface area contributed by atoms with Crippen LogP contribution in [0.1, 0.15) is 38.1 Å². The summed E-state index contributed by atoms with van der Waals surface area (Å²) in [5.41, 5.74) is 2.03. The molecule has 4 heteroatoms. The fourth-order valence-electron chi connectivity index (χ4n) is 1.57. The Balaban J connectivity index is 2.17. The van der Waals surface area contributed by atoms with Crippen molar-refractivity contribution in [3.63, 3.8) is 0 Å². The van der Waals surface area contributed by atoms with Gasteiger partial charge in [0.15, 0.2) is 0 Å². The number of nitrogens with one attached hydrogen (secondary N) is 2. The molecule has 1 aromatic rings. The maximum atomic E-state index is 11.5. The van der Waals surface area contributed by atoms with Gasteiger partial charge >= 0.3 is 0 Å². The van der Waals surface area contributed by atoms with Crippen LogP contribution in [0.4, 0.5) is 0 Å². The number of hydrogen-bond acceptors (Lipinski definition) is 3. The van der Waals surface area contributed by atoms with Crippen molar-refractivity contribution < 1.29 is 4.79 Å². The minimum absolute atomic E-state index is 0.106. The molecule has 0 fully saturated rings. The number of rotatable bonds is 7. The Kier molecular flexibility index (Phi) is 6.36. The third-order valence-electron chi connectivity index (χ3n) is 2.80. The van der Waals surface area contributed by atoms with Gasteiger partial charge in [-0.3, -0.25) is 9.78 Å².